The van der Waals surface area contributed by atoms with Gasteiger partial charge in [-0.15, -0.1) is 0 Å². The van der Waals surface area contributed by atoms with Gasteiger partial charge in [0.1, 0.15) is 21.4 Å². The number of nitrogens with one attached hydrogen (secondary N) is 1. The van der Waals surface area contributed by atoms with Crippen LogP contribution in [0.1, 0.15) is 22.3 Å². The number of phenols is 2. The zero-order valence-electron chi connectivity index (χ0n) is 19.3. The van der Waals surface area contributed by atoms with E-state index in [1.807, 2.05) is 0 Å². The van der Waals surface area contributed by atoms with Crippen molar-refractivity contribution in [3.63, 3.8) is 0 Å². The van der Waals surface area contributed by atoms with Gasteiger partial charge in [-0.3, -0.25) is 14.5 Å². The highest BCUT2D eigenvalue weighted by Crippen LogP contribution is 2.35. The first-order valence-electron chi connectivity index (χ1n) is 10.9. The average molecular weight is 557 g/mol. The van der Waals surface area contributed by atoms with E-state index < -0.39 is 35.2 Å². The van der Waals surface area contributed by atoms with Gasteiger partial charge in [-0.2, -0.15) is 0 Å². The predicted molar refractivity (Wildman–Crippen MR) is 142 cm³/mol. The van der Waals surface area contributed by atoms with E-state index in [1.165, 1.54) is 35.2 Å². The molecule has 1 aliphatic rings. The number of hydrogen-bond acceptors (Lipinski definition) is 7. The van der Waals surface area contributed by atoms with Crippen molar-refractivity contribution in [2.45, 2.75) is 6.42 Å². The largest absolute Gasteiger partial charge is 0.507 e. The molecule has 4 N–H and O–H groups in total. The summed E-state index contributed by atoms with van der Waals surface area (Å²) in [5, 5.41) is 31.5. The minimum Gasteiger partial charge on any atom is -0.507 e. The average Bonchev–Trinajstić information content (AvgIpc) is 3.12. The quantitative estimate of drug-likeness (QED) is 0.237. The molecule has 0 saturated carbocycles. The van der Waals surface area contributed by atoms with Crippen molar-refractivity contribution in [1.29, 1.82) is 0 Å². The first-order valence-corrected chi connectivity index (χ1v) is 12.2. The summed E-state index contributed by atoms with van der Waals surface area (Å²) in [6, 6.07) is 11.3. The molecule has 1 aliphatic heterocycles. The summed E-state index contributed by atoms with van der Waals surface area (Å²) in [6.45, 7) is -0.0251. The SMILES string of the molecule is O=C(CCN1C(=O)C(=Cc2ccc(O)c(-c3ccc(F)c(F)c3)c2)SC1=S)Nc1ccc(C(=O)O)c(O)c1. The van der Waals surface area contributed by atoms with Crippen LogP contribution in [0.25, 0.3) is 17.2 Å². The van der Waals surface area contributed by atoms with Gasteiger partial charge in [0.25, 0.3) is 5.91 Å². The van der Waals surface area contributed by atoms with Crippen molar-refractivity contribution < 1.29 is 38.5 Å². The van der Waals surface area contributed by atoms with Crippen molar-refractivity contribution >= 4 is 57.8 Å². The molecule has 0 atom stereocenters. The normalized spacial score (nSPS) is 14.3. The minimum atomic E-state index is -1.31. The Morgan fingerprint density at radius 2 is 1.76 bits per heavy atom. The molecule has 0 aliphatic carbocycles. The fourth-order valence-corrected chi connectivity index (χ4v) is 4.92. The fourth-order valence-electron chi connectivity index (χ4n) is 3.61. The third kappa shape index (κ3) is 5.82. The molecule has 38 heavy (non-hydrogen) atoms. The Balaban J connectivity index is 1.44. The molecule has 1 saturated heterocycles. The van der Waals surface area contributed by atoms with Crippen LogP contribution in [-0.2, 0) is 9.59 Å². The summed E-state index contributed by atoms with van der Waals surface area (Å²) in [7, 11) is 0. The van der Waals surface area contributed by atoms with Crippen molar-refractivity contribution in [2.75, 3.05) is 11.9 Å². The molecule has 0 radical (unpaired) electrons. The van der Waals surface area contributed by atoms with E-state index in [1.54, 1.807) is 6.07 Å². The van der Waals surface area contributed by atoms with Gasteiger partial charge in [0.2, 0.25) is 5.91 Å². The van der Waals surface area contributed by atoms with Gasteiger partial charge in [0.05, 0.1) is 4.91 Å². The standard InChI is InChI=1S/C26H18F2N2O6S2/c27-18-5-2-14(11-19(18)28)17-9-13(1-6-20(17)31)10-22-24(34)30(26(37)38-22)8-7-23(33)29-15-3-4-16(25(35)36)21(32)12-15/h1-6,9-12,31-32H,7-8H2,(H,29,33)(H,35,36). The number of aromatic hydroxyl groups is 2. The van der Waals surface area contributed by atoms with Gasteiger partial charge >= 0.3 is 5.97 Å². The molecule has 1 heterocycles. The number of thiocarbonyl (C=S) groups is 1. The molecule has 12 heteroatoms. The third-order valence-corrected chi connectivity index (χ3v) is 6.87. The van der Waals surface area contributed by atoms with Gasteiger partial charge in [0.15, 0.2) is 11.6 Å². The molecule has 194 valence electrons. The molecule has 0 bridgehead atoms. The van der Waals surface area contributed by atoms with Crippen LogP contribution in [0.3, 0.4) is 0 Å². The van der Waals surface area contributed by atoms with Gasteiger partial charge in [-0.25, -0.2) is 13.6 Å². The third-order valence-electron chi connectivity index (χ3n) is 5.50. The Bertz CT molecular complexity index is 1530. The predicted octanol–water partition coefficient (Wildman–Crippen LogP) is 4.97. The number of carboxylic acid groups (broad SMARTS) is 1. The lowest BCUT2D eigenvalue weighted by atomic mass is 10.0. The maximum Gasteiger partial charge on any atom is 0.339 e. The topological polar surface area (TPSA) is 127 Å². The van der Waals surface area contributed by atoms with Gasteiger partial charge < -0.3 is 20.6 Å². The number of amides is 2. The molecule has 0 spiro atoms. The highest BCUT2D eigenvalue weighted by Gasteiger charge is 2.32. The molecule has 3 aromatic rings. The molecular weight excluding hydrogens is 538 g/mol. The maximum atomic E-state index is 13.7. The van der Waals surface area contributed by atoms with Gasteiger partial charge in [-0.1, -0.05) is 36.1 Å². The van der Waals surface area contributed by atoms with Crippen molar-refractivity contribution in [3.8, 4) is 22.6 Å². The zero-order chi connectivity index (χ0) is 27.6. The number of thioether (sulfide) groups is 1. The number of benzene rings is 3. The summed E-state index contributed by atoms with van der Waals surface area (Å²) in [4.78, 5) is 37.8. The van der Waals surface area contributed by atoms with Crippen LogP contribution >= 0.6 is 24.0 Å². The second-order valence-electron chi connectivity index (χ2n) is 8.07. The van der Waals surface area contributed by atoms with E-state index in [-0.39, 0.29) is 50.3 Å². The lowest BCUT2D eigenvalue weighted by Crippen LogP contribution is -2.31. The number of aromatic carboxylic acids is 1. The first kappa shape index (κ1) is 26.8. The summed E-state index contributed by atoms with van der Waals surface area (Å²) >= 11 is 6.31. The summed E-state index contributed by atoms with van der Waals surface area (Å²) in [5.41, 5.74) is 0.878. The van der Waals surface area contributed by atoms with Crippen molar-refractivity contribution in [3.05, 3.63) is 82.3 Å². The number of hydrogen-bond donors (Lipinski definition) is 4. The Kier molecular flexibility index (Phi) is 7.74. The van der Waals surface area contributed by atoms with Gasteiger partial charge in [0, 0.05) is 30.3 Å². The molecule has 3 aromatic carbocycles. The smallest absolute Gasteiger partial charge is 0.339 e. The zero-order valence-corrected chi connectivity index (χ0v) is 20.9. The molecule has 0 unspecified atom stereocenters. The highest BCUT2D eigenvalue weighted by molar-refractivity contribution is 8.26. The number of carbonyl (C=O) groups excluding carboxylic acids is 2. The number of anilines is 1. The molecule has 8 nitrogen and oxygen atoms in total. The van der Waals surface area contributed by atoms with Crippen LogP contribution in [0, 0.1) is 11.6 Å². The van der Waals surface area contributed by atoms with E-state index in [0.717, 1.165) is 36.0 Å². The molecule has 2 amide bonds. The van der Waals surface area contributed by atoms with Crippen LogP contribution in [0.2, 0.25) is 0 Å². The number of halogens is 2. The first-order chi connectivity index (χ1) is 18.0. The Hall–Kier alpha value is -4.29. The van der Waals surface area contributed by atoms with Crippen LogP contribution in [0.4, 0.5) is 14.5 Å². The second-order valence-corrected chi connectivity index (χ2v) is 9.75. The summed E-state index contributed by atoms with van der Waals surface area (Å²) < 4.78 is 27.2. The number of phenolic OH excluding ortho intramolecular Hbond substituents is 1. The monoisotopic (exact) mass is 556 g/mol. The number of carbonyl (C=O) groups is 3. The summed E-state index contributed by atoms with van der Waals surface area (Å²) in [6.07, 6.45) is 1.41. The van der Waals surface area contributed by atoms with Crippen LogP contribution in [-0.4, -0.2) is 48.9 Å². The van der Waals surface area contributed by atoms with Crippen molar-refractivity contribution in [2.24, 2.45) is 0 Å². The van der Waals surface area contributed by atoms with Crippen LogP contribution < -0.4 is 5.32 Å². The van der Waals surface area contributed by atoms with Crippen molar-refractivity contribution in [1.82, 2.24) is 4.90 Å². The number of carboxylic acids is 1. The van der Waals surface area contributed by atoms with E-state index >= 15 is 0 Å². The van der Waals surface area contributed by atoms with E-state index in [9.17, 15) is 33.4 Å². The molecule has 0 aromatic heterocycles. The maximum absolute atomic E-state index is 13.7. The lowest BCUT2D eigenvalue weighted by Gasteiger charge is -2.14. The highest BCUT2D eigenvalue weighted by atomic mass is 32.2. The van der Waals surface area contributed by atoms with E-state index in [0.29, 0.717) is 5.56 Å². The fraction of sp³-hybridized carbons (Fsp3) is 0.0769. The van der Waals surface area contributed by atoms with Gasteiger partial charge in [-0.05, 0) is 53.6 Å². The van der Waals surface area contributed by atoms with Crippen LogP contribution in [0.15, 0.2) is 59.5 Å². The number of rotatable bonds is 7. The molecule has 4 rings (SSSR count). The second kappa shape index (κ2) is 11.0. The Morgan fingerprint density at radius 1 is 1.00 bits per heavy atom. The summed E-state index contributed by atoms with van der Waals surface area (Å²) in [5.74, 6) is -4.96. The Morgan fingerprint density at radius 3 is 2.45 bits per heavy atom. The molecular formula is C26H18F2N2O6S2. The van der Waals surface area contributed by atoms with E-state index in [4.69, 9.17) is 17.3 Å². The van der Waals surface area contributed by atoms with Crippen LogP contribution in [0.5, 0.6) is 11.5 Å². The number of nitrogens with zero attached hydrogens (tertiary/aromatic N) is 1. The molecule has 1 fully saturated rings. The minimum absolute atomic E-state index is 0.0251. The Labute approximate surface area is 224 Å². The van der Waals surface area contributed by atoms with E-state index in [2.05, 4.69) is 5.32 Å². The lowest BCUT2D eigenvalue weighted by molar-refractivity contribution is -0.122.